The Morgan fingerprint density at radius 3 is 2.90 bits per heavy atom. The molecule has 1 aliphatic rings. The number of alkyl halides is 1. The van der Waals surface area contributed by atoms with Gasteiger partial charge in [-0.25, -0.2) is 0 Å². The summed E-state index contributed by atoms with van der Waals surface area (Å²) < 4.78 is 5.14. The maximum Gasteiger partial charge on any atom is 0.0561 e. The normalized spacial score (nSPS) is 31.4. The van der Waals surface area contributed by atoms with Crippen molar-refractivity contribution in [2.24, 2.45) is 5.41 Å². The Morgan fingerprint density at radius 2 is 2.50 bits per heavy atom. The Kier molecular flexibility index (Phi) is 2.93. The Morgan fingerprint density at radius 1 is 1.70 bits per heavy atom. The third-order valence-electron chi connectivity index (χ3n) is 1.98. The van der Waals surface area contributed by atoms with Crippen LogP contribution in [-0.4, -0.2) is 19.0 Å². The van der Waals surface area contributed by atoms with Gasteiger partial charge in [0.05, 0.1) is 6.61 Å². The van der Waals surface area contributed by atoms with Gasteiger partial charge in [0.15, 0.2) is 0 Å². The molecule has 0 heterocycles. The van der Waals surface area contributed by atoms with E-state index < -0.39 is 0 Å². The number of allylic oxidation sites excluding steroid dienone is 1. The van der Waals surface area contributed by atoms with Crippen LogP contribution in [0.25, 0.3) is 0 Å². The second-order valence-corrected chi connectivity index (χ2v) is 3.43. The molecular weight excluding hydrogens is 192 g/mol. The Hall–Kier alpha value is 0.180. The minimum absolute atomic E-state index is 0.300. The van der Waals surface area contributed by atoms with Gasteiger partial charge in [0.25, 0.3) is 0 Å². The van der Waals surface area contributed by atoms with Crippen molar-refractivity contribution in [3.8, 4) is 0 Å². The molecule has 0 aromatic rings. The first-order valence-electron chi connectivity index (χ1n) is 3.56. The van der Waals surface area contributed by atoms with Crippen molar-refractivity contribution in [1.29, 1.82) is 0 Å². The van der Waals surface area contributed by atoms with Crippen molar-refractivity contribution < 1.29 is 4.74 Å². The monoisotopic (exact) mass is 204 g/mol. The summed E-state index contributed by atoms with van der Waals surface area (Å²) in [6, 6.07) is 0. The molecule has 0 amide bonds. The van der Waals surface area contributed by atoms with Crippen LogP contribution in [0.5, 0.6) is 0 Å². The molecule has 10 heavy (non-hydrogen) atoms. The molecular formula is C8H13BrO. The Labute approximate surface area is 70.6 Å². The Bertz CT molecular complexity index is 133. The van der Waals surface area contributed by atoms with Gasteiger partial charge in [0.1, 0.15) is 0 Å². The number of rotatable bonds is 3. The van der Waals surface area contributed by atoms with Crippen LogP contribution in [0.1, 0.15) is 12.8 Å². The largest absolute Gasteiger partial charge is 0.384 e. The highest BCUT2D eigenvalue weighted by molar-refractivity contribution is 9.09. The maximum atomic E-state index is 5.14. The standard InChI is InChI=1S/C8H13BrO/c1-10-7-8(6-9)4-2-3-5-8/h2,4H,3,5-7H2,1H3. The fraction of sp³-hybridized carbons (Fsp3) is 0.750. The molecule has 0 fully saturated rings. The number of hydrogen-bond acceptors (Lipinski definition) is 1. The smallest absolute Gasteiger partial charge is 0.0561 e. The summed E-state index contributed by atoms with van der Waals surface area (Å²) in [5.74, 6) is 0. The number of ether oxygens (including phenoxy) is 1. The summed E-state index contributed by atoms with van der Waals surface area (Å²) in [6.45, 7) is 0.842. The molecule has 0 N–H and O–H groups in total. The predicted octanol–water partition coefficient (Wildman–Crippen LogP) is 2.36. The highest BCUT2D eigenvalue weighted by Crippen LogP contribution is 2.33. The van der Waals surface area contributed by atoms with Crippen molar-refractivity contribution in [2.45, 2.75) is 12.8 Å². The highest BCUT2D eigenvalue weighted by atomic mass is 79.9. The zero-order valence-corrected chi connectivity index (χ0v) is 7.86. The van der Waals surface area contributed by atoms with E-state index in [9.17, 15) is 0 Å². The first-order chi connectivity index (χ1) is 4.83. The van der Waals surface area contributed by atoms with Crippen LogP contribution in [0.15, 0.2) is 12.2 Å². The van der Waals surface area contributed by atoms with E-state index in [0.717, 1.165) is 11.9 Å². The van der Waals surface area contributed by atoms with Gasteiger partial charge in [-0.3, -0.25) is 0 Å². The van der Waals surface area contributed by atoms with E-state index in [1.807, 2.05) is 0 Å². The van der Waals surface area contributed by atoms with Crippen molar-refractivity contribution in [1.82, 2.24) is 0 Å². The van der Waals surface area contributed by atoms with Crippen molar-refractivity contribution in [3.05, 3.63) is 12.2 Å². The summed E-state index contributed by atoms with van der Waals surface area (Å²) in [5, 5.41) is 1.02. The van der Waals surface area contributed by atoms with Crippen LogP contribution in [0, 0.1) is 5.41 Å². The van der Waals surface area contributed by atoms with E-state index in [2.05, 4.69) is 28.1 Å². The van der Waals surface area contributed by atoms with Gasteiger partial charge in [-0.15, -0.1) is 0 Å². The second kappa shape index (κ2) is 3.54. The zero-order valence-electron chi connectivity index (χ0n) is 6.27. The molecule has 0 spiro atoms. The summed E-state index contributed by atoms with van der Waals surface area (Å²) in [4.78, 5) is 0. The minimum atomic E-state index is 0.300. The van der Waals surface area contributed by atoms with E-state index in [1.54, 1.807) is 7.11 Å². The summed E-state index contributed by atoms with van der Waals surface area (Å²) in [7, 11) is 1.76. The zero-order chi connectivity index (χ0) is 7.45. The van der Waals surface area contributed by atoms with Crippen LogP contribution >= 0.6 is 15.9 Å². The molecule has 0 bridgehead atoms. The van der Waals surface area contributed by atoms with Gasteiger partial charge >= 0.3 is 0 Å². The lowest BCUT2D eigenvalue weighted by atomic mass is 9.92. The van der Waals surface area contributed by atoms with Gasteiger partial charge in [-0.2, -0.15) is 0 Å². The highest BCUT2D eigenvalue weighted by Gasteiger charge is 2.27. The van der Waals surface area contributed by atoms with Gasteiger partial charge in [0.2, 0.25) is 0 Å². The molecule has 0 aromatic carbocycles. The average Bonchev–Trinajstić information content (AvgIpc) is 2.39. The third-order valence-corrected chi connectivity index (χ3v) is 3.09. The number of methoxy groups -OCH3 is 1. The molecule has 58 valence electrons. The molecule has 0 aliphatic heterocycles. The molecule has 1 atom stereocenters. The molecule has 0 saturated carbocycles. The fourth-order valence-corrected chi connectivity index (χ4v) is 1.97. The summed E-state index contributed by atoms with van der Waals surface area (Å²) in [5.41, 5.74) is 0.300. The lowest BCUT2D eigenvalue weighted by molar-refractivity contribution is 0.125. The van der Waals surface area contributed by atoms with Crippen molar-refractivity contribution in [3.63, 3.8) is 0 Å². The maximum absolute atomic E-state index is 5.14. The Balaban J connectivity index is 2.50. The molecule has 0 saturated heterocycles. The van der Waals surface area contributed by atoms with E-state index in [1.165, 1.54) is 12.8 Å². The van der Waals surface area contributed by atoms with Gasteiger partial charge in [-0.05, 0) is 12.8 Å². The van der Waals surface area contributed by atoms with Crippen LogP contribution < -0.4 is 0 Å². The fourth-order valence-electron chi connectivity index (χ4n) is 1.35. The van der Waals surface area contributed by atoms with Crippen molar-refractivity contribution in [2.75, 3.05) is 19.0 Å². The second-order valence-electron chi connectivity index (χ2n) is 2.87. The van der Waals surface area contributed by atoms with E-state index in [4.69, 9.17) is 4.74 Å². The van der Waals surface area contributed by atoms with E-state index in [-0.39, 0.29) is 0 Å². The molecule has 1 rings (SSSR count). The third kappa shape index (κ3) is 1.61. The van der Waals surface area contributed by atoms with Crippen LogP contribution in [0.4, 0.5) is 0 Å². The average molecular weight is 205 g/mol. The predicted molar refractivity (Wildman–Crippen MR) is 46.5 cm³/mol. The van der Waals surface area contributed by atoms with Crippen LogP contribution in [-0.2, 0) is 4.74 Å². The SMILES string of the molecule is COCC1(CBr)C=CCC1. The molecule has 1 aliphatic carbocycles. The minimum Gasteiger partial charge on any atom is -0.384 e. The quantitative estimate of drug-likeness (QED) is 0.507. The summed E-state index contributed by atoms with van der Waals surface area (Å²) >= 11 is 3.50. The lowest BCUT2D eigenvalue weighted by Crippen LogP contribution is -2.23. The molecule has 2 heteroatoms. The molecule has 0 radical (unpaired) electrons. The van der Waals surface area contributed by atoms with E-state index in [0.29, 0.717) is 5.41 Å². The first kappa shape index (κ1) is 8.28. The van der Waals surface area contributed by atoms with Crippen molar-refractivity contribution >= 4 is 15.9 Å². The van der Waals surface area contributed by atoms with E-state index >= 15 is 0 Å². The first-order valence-corrected chi connectivity index (χ1v) is 4.68. The topological polar surface area (TPSA) is 9.23 Å². The van der Waals surface area contributed by atoms with Crippen LogP contribution in [0.3, 0.4) is 0 Å². The summed E-state index contributed by atoms with van der Waals surface area (Å²) in [6.07, 6.45) is 6.94. The number of halogens is 1. The molecule has 1 nitrogen and oxygen atoms in total. The van der Waals surface area contributed by atoms with Gasteiger partial charge in [0, 0.05) is 17.9 Å². The molecule has 0 aromatic heterocycles. The number of hydrogen-bond donors (Lipinski definition) is 0. The van der Waals surface area contributed by atoms with Crippen LogP contribution in [0.2, 0.25) is 0 Å². The van der Waals surface area contributed by atoms with Gasteiger partial charge < -0.3 is 4.74 Å². The lowest BCUT2D eigenvalue weighted by Gasteiger charge is -2.23. The molecule has 1 unspecified atom stereocenters. The van der Waals surface area contributed by atoms with Gasteiger partial charge in [-0.1, -0.05) is 28.1 Å².